The van der Waals surface area contributed by atoms with Crippen LogP contribution in [0.5, 0.6) is 0 Å². The van der Waals surface area contributed by atoms with E-state index in [0.717, 1.165) is 43.7 Å². The predicted molar refractivity (Wildman–Crippen MR) is 313 cm³/mol. The maximum Gasteiger partial charge on any atom is 0.386 e. The summed E-state index contributed by atoms with van der Waals surface area (Å²) in [7, 11) is 6.00. The molecule has 2 bridgehead atoms. The Morgan fingerprint density at radius 2 is 0.481 bits per heavy atom. The van der Waals surface area contributed by atoms with Crippen LogP contribution in [0.25, 0.3) is 0 Å². The molecule has 8 N–H and O–H groups in total. The van der Waals surface area contributed by atoms with Gasteiger partial charge in [0, 0.05) is 88.5 Å². The molecule has 4 amide bonds. The SMILES string of the molecule is CC.CC.CC.CC.CC.CC.CC(F)(F)F.CC(F)(F)F.CN.CN.CN.CN.O=C(c1ccccc1)N1CC2CC(C1)CN(C(=O)c1ccccc1)C2.O=C(c1ccccc1)N1CCN(C(=O)c2ccccc2)CC1. The molecule has 4 aromatic carbocycles. The van der Waals surface area contributed by atoms with Crippen molar-refractivity contribution in [1.82, 2.24) is 19.6 Å². The Labute approximate surface area is 461 Å². The molecule has 3 saturated heterocycles. The molecule has 0 aromatic heterocycles. The number of piperidine rings is 2. The number of nitrogens with zero attached hydrogens (tertiary/aromatic N) is 4. The number of carbonyl (C=O) groups excluding carboxylic acids is 4. The zero-order chi connectivity index (χ0) is 61.6. The molecule has 12 nitrogen and oxygen atoms in total. The molecule has 0 unspecified atom stereocenters. The van der Waals surface area contributed by atoms with E-state index in [1.807, 2.05) is 224 Å². The highest BCUT2D eigenvalue weighted by molar-refractivity contribution is 5.96. The molecule has 77 heavy (non-hydrogen) atoms. The van der Waals surface area contributed by atoms with E-state index in [2.05, 4.69) is 22.9 Å². The first-order valence-corrected chi connectivity index (χ1v) is 26.8. The highest BCUT2D eigenvalue weighted by Gasteiger charge is 2.38. The third-order valence-corrected chi connectivity index (χ3v) is 9.09. The van der Waals surface area contributed by atoms with Crippen molar-refractivity contribution in [3.8, 4) is 0 Å². The van der Waals surface area contributed by atoms with Crippen molar-refractivity contribution in [2.24, 2.45) is 34.8 Å². The lowest BCUT2D eigenvalue weighted by Crippen LogP contribution is -2.55. The number of hydrogen-bond donors (Lipinski definition) is 4. The highest BCUT2D eigenvalue weighted by Crippen LogP contribution is 2.30. The number of alkyl halides is 6. The van der Waals surface area contributed by atoms with Crippen molar-refractivity contribution in [2.45, 2.75) is 116 Å². The van der Waals surface area contributed by atoms with E-state index in [-0.39, 0.29) is 37.5 Å². The molecule has 444 valence electrons. The Morgan fingerprint density at radius 3 is 0.636 bits per heavy atom. The van der Waals surface area contributed by atoms with Gasteiger partial charge >= 0.3 is 12.4 Å². The topological polar surface area (TPSA) is 185 Å². The smallest absolute Gasteiger partial charge is 0.338 e. The van der Waals surface area contributed by atoms with Crippen molar-refractivity contribution in [3.63, 3.8) is 0 Å². The third kappa shape index (κ3) is 42.0. The van der Waals surface area contributed by atoms with Crippen LogP contribution in [0.3, 0.4) is 0 Å². The Bertz CT molecular complexity index is 1730. The fourth-order valence-electron chi connectivity index (χ4n) is 6.78. The minimum atomic E-state index is -4.00. The van der Waals surface area contributed by atoms with Crippen molar-refractivity contribution in [3.05, 3.63) is 144 Å². The van der Waals surface area contributed by atoms with Gasteiger partial charge in [0.2, 0.25) is 0 Å². The van der Waals surface area contributed by atoms with Gasteiger partial charge in [-0.15, -0.1) is 0 Å². The van der Waals surface area contributed by atoms with Crippen LogP contribution < -0.4 is 22.9 Å². The summed E-state index contributed by atoms with van der Waals surface area (Å²) in [6.45, 7) is 29.6. The number of rotatable bonds is 4. The molecule has 0 radical (unpaired) electrons. The Hall–Kier alpha value is -5.82. The Balaban J connectivity index is -0.000000171. The van der Waals surface area contributed by atoms with Gasteiger partial charge in [-0.1, -0.05) is 156 Å². The van der Waals surface area contributed by atoms with E-state index in [1.54, 1.807) is 0 Å². The van der Waals surface area contributed by atoms with Crippen LogP contribution in [-0.2, 0) is 0 Å². The second-order valence-corrected chi connectivity index (χ2v) is 14.0. The number of amides is 4. The number of nitrogens with two attached hydrogens (primary N) is 4. The zero-order valence-electron chi connectivity index (χ0n) is 50.1. The van der Waals surface area contributed by atoms with E-state index < -0.39 is 12.4 Å². The number of hydrogen-bond acceptors (Lipinski definition) is 8. The van der Waals surface area contributed by atoms with E-state index >= 15 is 0 Å². The van der Waals surface area contributed by atoms with Crippen molar-refractivity contribution in [2.75, 3.05) is 80.5 Å². The van der Waals surface area contributed by atoms with Crippen LogP contribution >= 0.6 is 0 Å². The number of carbonyl (C=O) groups is 4. The minimum absolute atomic E-state index is 0.0346. The lowest BCUT2D eigenvalue weighted by Gasteiger charge is -2.45. The summed E-state index contributed by atoms with van der Waals surface area (Å²) in [5.41, 5.74) is 20.9. The molecule has 3 heterocycles. The molecule has 3 aliphatic rings. The fraction of sp³-hybridized carbons (Fsp3) is 0.525. The van der Waals surface area contributed by atoms with Crippen LogP contribution in [0.2, 0.25) is 0 Å². The first kappa shape index (κ1) is 85.1. The lowest BCUT2D eigenvalue weighted by atomic mass is 9.84. The monoisotopic (exact) mass is 1100 g/mol. The number of halogens is 6. The number of piperazine rings is 1. The molecule has 3 fully saturated rings. The van der Waals surface area contributed by atoms with Gasteiger partial charge in [0.1, 0.15) is 0 Å². The minimum Gasteiger partial charge on any atom is -0.338 e. The Kier molecular flexibility index (Phi) is 62.3. The van der Waals surface area contributed by atoms with Gasteiger partial charge < -0.3 is 42.5 Å². The fourth-order valence-corrected chi connectivity index (χ4v) is 6.78. The lowest BCUT2D eigenvalue weighted by molar-refractivity contribution is -0.111. The maximum absolute atomic E-state index is 12.7. The van der Waals surface area contributed by atoms with Crippen LogP contribution in [0, 0.1) is 11.8 Å². The molecule has 18 heteroatoms. The summed E-state index contributed by atoms with van der Waals surface area (Å²) in [6.07, 6.45) is -6.89. The molecule has 3 aliphatic heterocycles. The van der Waals surface area contributed by atoms with Gasteiger partial charge in [-0.05, 0) is 95.0 Å². The summed E-state index contributed by atoms with van der Waals surface area (Å²) in [5, 5.41) is 0. The highest BCUT2D eigenvalue weighted by atomic mass is 19.4. The van der Waals surface area contributed by atoms with Crippen LogP contribution in [0.15, 0.2) is 121 Å². The van der Waals surface area contributed by atoms with Gasteiger partial charge in [0.25, 0.3) is 23.6 Å². The van der Waals surface area contributed by atoms with Gasteiger partial charge in [0.15, 0.2) is 0 Å². The van der Waals surface area contributed by atoms with E-state index in [0.29, 0.717) is 49.1 Å². The molecule has 4 aromatic rings. The zero-order valence-corrected chi connectivity index (χ0v) is 50.1. The van der Waals surface area contributed by atoms with Gasteiger partial charge in [0.05, 0.1) is 0 Å². The van der Waals surface area contributed by atoms with Crippen LogP contribution in [0.4, 0.5) is 26.3 Å². The van der Waals surface area contributed by atoms with E-state index in [9.17, 15) is 45.5 Å². The molecule has 0 spiro atoms. The summed E-state index contributed by atoms with van der Waals surface area (Å²) in [5.74, 6) is 1.02. The summed E-state index contributed by atoms with van der Waals surface area (Å²) in [6, 6.07) is 37.5. The number of likely N-dealkylation sites (tertiary alicyclic amines) is 2. The molecular formula is C59H102F6N8O4. The predicted octanol–water partition coefficient (Wildman–Crippen LogP) is 12.8. The maximum atomic E-state index is 12.7. The van der Waals surface area contributed by atoms with E-state index in [4.69, 9.17) is 0 Å². The first-order valence-electron chi connectivity index (χ1n) is 26.8. The third-order valence-electron chi connectivity index (χ3n) is 9.09. The van der Waals surface area contributed by atoms with E-state index in [1.165, 1.54) is 28.2 Å². The number of fused-ring (bicyclic) bond motifs is 2. The normalized spacial score (nSPS) is 13.9. The van der Waals surface area contributed by atoms with Crippen molar-refractivity contribution in [1.29, 1.82) is 0 Å². The molecular weight excluding hydrogens is 999 g/mol. The number of benzene rings is 4. The van der Waals surface area contributed by atoms with Crippen molar-refractivity contribution < 1.29 is 45.5 Å². The first-order chi connectivity index (χ1) is 37.0. The average molecular weight is 1100 g/mol. The van der Waals surface area contributed by atoms with Gasteiger partial charge in [-0.3, -0.25) is 19.2 Å². The Morgan fingerprint density at radius 1 is 0.338 bits per heavy atom. The second kappa shape index (κ2) is 56.4. The van der Waals surface area contributed by atoms with Crippen molar-refractivity contribution >= 4 is 23.6 Å². The summed E-state index contributed by atoms with van der Waals surface area (Å²) >= 11 is 0. The quantitative estimate of drug-likeness (QED) is 0.145. The summed E-state index contributed by atoms with van der Waals surface area (Å²) < 4.78 is 62.1. The molecule has 0 atom stereocenters. The molecule has 0 saturated carbocycles. The van der Waals surface area contributed by atoms with Crippen LogP contribution in [-0.4, -0.2) is 136 Å². The largest absolute Gasteiger partial charge is 0.386 e. The average Bonchev–Trinajstić information content (AvgIpc) is 3.49. The standard InChI is InChI=1S/C21H22N2O2.C18H18N2O2.2C2H3F3.6C2H6.4CH5N/c24-20(18-7-3-1-4-8-18)22-12-16-11-17(13-22)15-23(14-16)21(25)19-9-5-2-6-10-19;21-17(15-7-3-1-4-8-15)19-11-13-20(14-12-19)18(22)16-9-5-2-6-10-16;2*1-2(3,4)5;10*1-2/h1-10,16-17H,11-15H2;1-10H,11-14H2;2*1H3;6*1-2H3;4*2H2,1H3. The summed E-state index contributed by atoms with van der Waals surface area (Å²) in [4.78, 5) is 57.7. The molecule has 0 aliphatic carbocycles. The van der Waals surface area contributed by atoms with Gasteiger partial charge in [-0.25, -0.2) is 0 Å². The molecule has 7 rings (SSSR count). The second-order valence-electron chi connectivity index (χ2n) is 14.0. The van der Waals surface area contributed by atoms with Gasteiger partial charge in [-0.2, -0.15) is 26.3 Å². The van der Waals surface area contributed by atoms with Crippen LogP contribution in [0.1, 0.15) is 145 Å².